The highest BCUT2D eigenvalue weighted by Gasteiger charge is 2.15. The molecule has 1 heterocycles. The third-order valence-electron chi connectivity index (χ3n) is 3.22. The monoisotopic (exact) mass is 287 g/mol. The van der Waals surface area contributed by atoms with E-state index in [1.807, 2.05) is 0 Å². The molecule has 106 valence electrons. The van der Waals surface area contributed by atoms with E-state index in [0.717, 1.165) is 12.1 Å². The van der Waals surface area contributed by atoms with E-state index < -0.39 is 11.6 Å². The molecule has 0 spiro atoms. The Labute approximate surface area is 118 Å². The molecule has 0 saturated carbocycles. The van der Waals surface area contributed by atoms with E-state index >= 15 is 0 Å². The van der Waals surface area contributed by atoms with E-state index in [9.17, 15) is 13.6 Å². The molecule has 21 heavy (non-hydrogen) atoms. The number of nitrogens with zero attached hydrogens (tertiary/aromatic N) is 2. The molecule has 0 saturated heterocycles. The molecule has 0 aliphatic carbocycles. The van der Waals surface area contributed by atoms with Gasteiger partial charge in [-0.1, -0.05) is 30.3 Å². The van der Waals surface area contributed by atoms with Crippen LogP contribution < -0.4 is 5.73 Å². The number of anilines is 1. The van der Waals surface area contributed by atoms with Crippen LogP contribution in [0.15, 0.2) is 42.5 Å². The summed E-state index contributed by atoms with van der Waals surface area (Å²) in [4.78, 5) is 16.1. The number of nitrogen functional groups attached to an aromatic ring is 1. The molecule has 2 aromatic carbocycles. The molecule has 2 N–H and O–H groups in total. The molecule has 4 nitrogen and oxygen atoms in total. The second-order valence-electron chi connectivity index (χ2n) is 4.60. The van der Waals surface area contributed by atoms with Crippen molar-refractivity contribution in [2.24, 2.45) is 0 Å². The number of benzene rings is 2. The normalized spacial score (nSPS) is 11.0. The van der Waals surface area contributed by atoms with Crippen LogP contribution in [0.25, 0.3) is 11.0 Å². The topological polar surface area (TPSA) is 60.9 Å². The number of hydrogen-bond acceptors (Lipinski definition) is 3. The van der Waals surface area contributed by atoms with Crippen molar-refractivity contribution in [2.75, 3.05) is 5.73 Å². The highest BCUT2D eigenvalue weighted by atomic mass is 19.2. The summed E-state index contributed by atoms with van der Waals surface area (Å²) < 4.78 is 27.9. The van der Waals surface area contributed by atoms with Gasteiger partial charge in [-0.3, -0.25) is 4.79 Å². The smallest absolute Gasteiger partial charge is 0.201 e. The number of hydrogen-bond donors (Lipinski definition) is 1. The molecular formula is C15H11F2N3O. The molecule has 3 aromatic rings. The number of fused-ring (bicyclic) bond motifs is 1. The molecule has 0 aliphatic rings. The molecule has 0 unspecified atom stereocenters. The Morgan fingerprint density at radius 1 is 1.14 bits per heavy atom. The second kappa shape index (κ2) is 4.97. The van der Waals surface area contributed by atoms with Gasteiger partial charge < -0.3 is 10.3 Å². The minimum absolute atomic E-state index is 0.0410. The minimum atomic E-state index is -1.00. The van der Waals surface area contributed by atoms with Gasteiger partial charge in [-0.25, -0.2) is 13.8 Å². The summed E-state index contributed by atoms with van der Waals surface area (Å²) in [6.07, 6.45) is 0. The van der Waals surface area contributed by atoms with E-state index in [1.54, 1.807) is 30.3 Å². The van der Waals surface area contributed by atoms with Crippen molar-refractivity contribution < 1.29 is 13.6 Å². The van der Waals surface area contributed by atoms with Crippen molar-refractivity contribution in [3.05, 3.63) is 59.7 Å². The van der Waals surface area contributed by atoms with Crippen LogP contribution in [0.2, 0.25) is 0 Å². The average Bonchev–Trinajstić information content (AvgIpc) is 2.76. The predicted octanol–water partition coefficient (Wildman–Crippen LogP) is 2.78. The van der Waals surface area contributed by atoms with E-state index in [1.165, 1.54) is 4.57 Å². The number of Topliss-reactive ketones (excluding diaryl/α,β-unsaturated/α-hetero) is 1. The van der Waals surface area contributed by atoms with Gasteiger partial charge in [0.05, 0.1) is 17.6 Å². The Balaban J connectivity index is 2.03. The van der Waals surface area contributed by atoms with Crippen LogP contribution in [-0.4, -0.2) is 15.3 Å². The lowest BCUT2D eigenvalue weighted by Crippen LogP contribution is -2.12. The number of rotatable bonds is 3. The van der Waals surface area contributed by atoms with Gasteiger partial charge in [0.2, 0.25) is 5.95 Å². The predicted molar refractivity (Wildman–Crippen MR) is 74.8 cm³/mol. The van der Waals surface area contributed by atoms with Gasteiger partial charge in [0.1, 0.15) is 0 Å². The number of ketones is 1. The second-order valence-corrected chi connectivity index (χ2v) is 4.60. The molecule has 3 rings (SSSR count). The summed E-state index contributed by atoms with van der Waals surface area (Å²) >= 11 is 0. The molecular weight excluding hydrogens is 276 g/mol. The van der Waals surface area contributed by atoms with Gasteiger partial charge in [-0.15, -0.1) is 0 Å². The van der Waals surface area contributed by atoms with Gasteiger partial charge in [0.25, 0.3) is 0 Å². The van der Waals surface area contributed by atoms with Crippen LogP contribution in [0, 0.1) is 11.6 Å². The highest BCUT2D eigenvalue weighted by Crippen LogP contribution is 2.21. The Bertz CT molecular complexity index is 828. The standard InChI is InChI=1S/C15H11F2N3O/c16-10-6-12-13(7-11(10)17)20(15(18)19-12)8-14(21)9-4-2-1-3-5-9/h1-7H,8H2,(H2,18,19). The minimum Gasteiger partial charge on any atom is -0.369 e. The summed E-state index contributed by atoms with van der Waals surface area (Å²) in [6, 6.07) is 10.6. The van der Waals surface area contributed by atoms with Crippen LogP contribution >= 0.6 is 0 Å². The van der Waals surface area contributed by atoms with Crippen molar-refractivity contribution in [2.45, 2.75) is 6.54 Å². The molecule has 0 atom stereocenters. The van der Waals surface area contributed by atoms with E-state index in [0.29, 0.717) is 5.56 Å². The number of nitrogens with two attached hydrogens (primary N) is 1. The Morgan fingerprint density at radius 2 is 1.81 bits per heavy atom. The fourth-order valence-corrected chi connectivity index (χ4v) is 2.16. The maximum absolute atomic E-state index is 13.4. The lowest BCUT2D eigenvalue weighted by Gasteiger charge is -2.06. The Kier molecular flexibility index (Phi) is 3.13. The Morgan fingerprint density at radius 3 is 2.52 bits per heavy atom. The first kappa shape index (κ1) is 13.2. The molecule has 0 radical (unpaired) electrons. The SMILES string of the molecule is Nc1nc2cc(F)c(F)cc2n1CC(=O)c1ccccc1. The lowest BCUT2D eigenvalue weighted by atomic mass is 10.1. The highest BCUT2D eigenvalue weighted by molar-refractivity contribution is 5.97. The molecule has 0 amide bonds. The van der Waals surface area contributed by atoms with E-state index in [2.05, 4.69) is 4.98 Å². The van der Waals surface area contributed by atoms with E-state index in [4.69, 9.17) is 5.73 Å². The molecule has 0 aliphatic heterocycles. The number of aromatic nitrogens is 2. The number of halogens is 2. The first-order chi connectivity index (χ1) is 10.1. The van der Waals surface area contributed by atoms with Gasteiger partial charge in [-0.2, -0.15) is 0 Å². The maximum Gasteiger partial charge on any atom is 0.201 e. The molecule has 6 heteroatoms. The largest absolute Gasteiger partial charge is 0.369 e. The summed E-state index contributed by atoms with van der Waals surface area (Å²) in [5.74, 6) is -2.15. The quantitative estimate of drug-likeness (QED) is 0.753. The average molecular weight is 287 g/mol. The van der Waals surface area contributed by atoms with Crippen LogP contribution in [0.5, 0.6) is 0 Å². The van der Waals surface area contributed by atoms with Crippen LogP contribution in [-0.2, 0) is 6.54 Å². The molecule has 0 fully saturated rings. The van der Waals surface area contributed by atoms with Crippen molar-refractivity contribution in [3.8, 4) is 0 Å². The van der Waals surface area contributed by atoms with Crippen molar-refractivity contribution in [1.29, 1.82) is 0 Å². The first-order valence-corrected chi connectivity index (χ1v) is 6.25. The van der Waals surface area contributed by atoms with E-state index in [-0.39, 0.29) is 29.3 Å². The first-order valence-electron chi connectivity index (χ1n) is 6.25. The summed E-state index contributed by atoms with van der Waals surface area (Å²) in [5.41, 5.74) is 6.75. The molecule has 1 aromatic heterocycles. The number of imidazole rings is 1. The third kappa shape index (κ3) is 2.35. The van der Waals surface area contributed by atoms with Crippen LogP contribution in [0.4, 0.5) is 14.7 Å². The lowest BCUT2D eigenvalue weighted by molar-refractivity contribution is 0.0974. The third-order valence-corrected chi connectivity index (χ3v) is 3.22. The summed E-state index contributed by atoms with van der Waals surface area (Å²) in [7, 11) is 0. The van der Waals surface area contributed by atoms with Crippen LogP contribution in [0.1, 0.15) is 10.4 Å². The van der Waals surface area contributed by atoms with Crippen LogP contribution in [0.3, 0.4) is 0 Å². The fourth-order valence-electron chi connectivity index (χ4n) is 2.16. The zero-order valence-electron chi connectivity index (χ0n) is 10.9. The zero-order valence-corrected chi connectivity index (χ0v) is 10.9. The Hall–Kier alpha value is -2.76. The summed E-state index contributed by atoms with van der Waals surface area (Å²) in [5, 5.41) is 0. The van der Waals surface area contributed by atoms with Gasteiger partial charge in [0, 0.05) is 17.7 Å². The molecule has 0 bridgehead atoms. The fraction of sp³-hybridized carbons (Fsp3) is 0.0667. The number of carbonyl (C=O) groups excluding carboxylic acids is 1. The van der Waals surface area contributed by atoms with Crippen molar-refractivity contribution >= 4 is 22.8 Å². The maximum atomic E-state index is 13.4. The number of carbonyl (C=O) groups is 1. The van der Waals surface area contributed by atoms with Crippen molar-refractivity contribution in [3.63, 3.8) is 0 Å². The zero-order chi connectivity index (χ0) is 15.0. The van der Waals surface area contributed by atoms with Gasteiger partial charge >= 0.3 is 0 Å². The van der Waals surface area contributed by atoms with Gasteiger partial charge in [-0.05, 0) is 0 Å². The summed E-state index contributed by atoms with van der Waals surface area (Å²) in [6.45, 7) is -0.0859. The van der Waals surface area contributed by atoms with Crippen molar-refractivity contribution in [1.82, 2.24) is 9.55 Å². The van der Waals surface area contributed by atoms with Gasteiger partial charge in [0.15, 0.2) is 17.4 Å².